The number of hydrogen-bond donors (Lipinski definition) is 0. The molecule has 0 amide bonds. The molecule has 0 aliphatic heterocycles. The molecule has 76 valence electrons. The maximum absolute atomic E-state index is 6.03. The van der Waals surface area contributed by atoms with Gasteiger partial charge >= 0.3 is 0 Å². The number of hydrogen-bond acceptors (Lipinski definition) is 0. The van der Waals surface area contributed by atoms with Crippen molar-refractivity contribution in [2.45, 2.75) is 12.3 Å². The van der Waals surface area contributed by atoms with Gasteiger partial charge in [-0.25, -0.2) is 0 Å². The van der Waals surface area contributed by atoms with E-state index >= 15 is 0 Å². The summed E-state index contributed by atoms with van der Waals surface area (Å²) in [6.45, 7) is 5.49. The second-order valence-corrected chi connectivity index (χ2v) is 4.63. The Labute approximate surface area is 103 Å². The summed E-state index contributed by atoms with van der Waals surface area (Å²) in [6.07, 6.45) is 1.66. The molecule has 0 nitrogen and oxygen atoms in total. The third-order valence-corrected chi connectivity index (χ3v) is 3.34. The van der Waals surface area contributed by atoms with Gasteiger partial charge in [0.1, 0.15) is 0 Å². The van der Waals surface area contributed by atoms with E-state index in [-0.39, 0.29) is 5.38 Å². The molecule has 1 unspecified atom stereocenters. The monoisotopic (exact) mass is 268 g/mol. The molecule has 0 radical (unpaired) electrons. The van der Waals surface area contributed by atoms with Crippen molar-refractivity contribution < 1.29 is 0 Å². The molecule has 4 heteroatoms. The molecule has 0 heterocycles. The first-order valence-electron chi connectivity index (χ1n) is 3.93. The Morgan fingerprint density at radius 3 is 2.29 bits per heavy atom. The summed E-state index contributed by atoms with van der Waals surface area (Å²) in [6, 6.07) is 1.71. The highest BCUT2D eigenvalue weighted by Crippen LogP contribution is 2.40. The molecule has 0 aromatic heterocycles. The first kappa shape index (κ1) is 12.2. The van der Waals surface area contributed by atoms with Crippen LogP contribution in [0.2, 0.25) is 15.1 Å². The van der Waals surface area contributed by atoms with Gasteiger partial charge in [-0.2, -0.15) is 0 Å². The highest BCUT2D eigenvalue weighted by molar-refractivity contribution is 6.48. The first-order chi connectivity index (χ1) is 6.49. The molecule has 0 bridgehead atoms. The van der Waals surface area contributed by atoms with Crippen molar-refractivity contribution >= 4 is 52.5 Å². The van der Waals surface area contributed by atoms with Gasteiger partial charge in [0.25, 0.3) is 0 Å². The lowest BCUT2D eigenvalue weighted by Crippen LogP contribution is -1.92. The Bertz CT molecular complexity index is 369. The number of rotatable bonds is 2. The molecule has 0 spiro atoms. The van der Waals surface area contributed by atoms with Crippen LogP contribution in [0.1, 0.15) is 23.4 Å². The third kappa shape index (κ3) is 2.20. The first-order valence-corrected chi connectivity index (χ1v) is 5.50. The molecule has 0 fully saturated rings. The summed E-state index contributed by atoms with van der Waals surface area (Å²) < 4.78 is 0. The van der Waals surface area contributed by atoms with Crippen molar-refractivity contribution in [2.24, 2.45) is 0 Å². The highest BCUT2D eigenvalue weighted by atomic mass is 35.5. The van der Waals surface area contributed by atoms with Gasteiger partial charge in [-0.05, 0) is 24.1 Å². The van der Waals surface area contributed by atoms with Gasteiger partial charge in [-0.1, -0.05) is 47.5 Å². The maximum atomic E-state index is 6.03. The van der Waals surface area contributed by atoms with Gasteiger partial charge in [0.15, 0.2) is 0 Å². The minimum absolute atomic E-state index is 0.231. The van der Waals surface area contributed by atoms with Crippen molar-refractivity contribution in [1.29, 1.82) is 0 Å². The second kappa shape index (κ2) is 4.76. The van der Waals surface area contributed by atoms with Crippen LogP contribution in [0.4, 0.5) is 0 Å². The van der Waals surface area contributed by atoms with Gasteiger partial charge in [0.2, 0.25) is 0 Å². The zero-order valence-corrected chi connectivity index (χ0v) is 10.5. The predicted octanol–water partition coefficient (Wildman–Crippen LogP) is 5.59. The Morgan fingerprint density at radius 2 is 1.86 bits per heavy atom. The number of benzene rings is 1. The largest absolute Gasteiger partial charge is 0.118 e. The van der Waals surface area contributed by atoms with E-state index in [0.717, 1.165) is 11.1 Å². The molecule has 1 rings (SSSR count). The molecule has 1 aromatic carbocycles. The summed E-state index contributed by atoms with van der Waals surface area (Å²) in [5, 5.41) is 0.913. The number of alkyl halides is 1. The van der Waals surface area contributed by atoms with Crippen LogP contribution in [0.3, 0.4) is 0 Å². The topological polar surface area (TPSA) is 0 Å². The Morgan fingerprint density at radius 1 is 1.29 bits per heavy atom. The number of halogens is 4. The normalized spacial score (nSPS) is 12.6. The average molecular weight is 270 g/mol. The fourth-order valence-electron chi connectivity index (χ4n) is 1.20. The Hall–Kier alpha value is 0.120. The van der Waals surface area contributed by atoms with E-state index in [2.05, 4.69) is 6.58 Å². The lowest BCUT2D eigenvalue weighted by atomic mass is 10.0. The predicted molar refractivity (Wildman–Crippen MR) is 65.8 cm³/mol. The van der Waals surface area contributed by atoms with Gasteiger partial charge < -0.3 is 0 Å². The van der Waals surface area contributed by atoms with Crippen molar-refractivity contribution in [1.82, 2.24) is 0 Å². The van der Waals surface area contributed by atoms with E-state index < -0.39 is 0 Å². The Kier molecular flexibility index (Phi) is 4.15. The van der Waals surface area contributed by atoms with Crippen LogP contribution in [-0.2, 0) is 0 Å². The van der Waals surface area contributed by atoms with Gasteiger partial charge in [-0.15, -0.1) is 11.6 Å². The minimum Gasteiger partial charge on any atom is -0.118 e. The van der Waals surface area contributed by atoms with Crippen LogP contribution in [0, 0.1) is 0 Å². The van der Waals surface area contributed by atoms with Crippen molar-refractivity contribution in [2.75, 3.05) is 0 Å². The third-order valence-electron chi connectivity index (χ3n) is 1.85. The van der Waals surface area contributed by atoms with E-state index in [0.29, 0.717) is 15.1 Å². The van der Waals surface area contributed by atoms with Gasteiger partial charge in [0, 0.05) is 0 Å². The van der Waals surface area contributed by atoms with Crippen LogP contribution < -0.4 is 0 Å². The van der Waals surface area contributed by atoms with Gasteiger partial charge in [-0.3, -0.25) is 0 Å². The molecule has 1 aromatic rings. The zero-order valence-electron chi connectivity index (χ0n) is 7.45. The molecule has 0 N–H and O–H groups in total. The van der Waals surface area contributed by atoms with E-state index in [4.69, 9.17) is 46.4 Å². The van der Waals surface area contributed by atoms with Crippen LogP contribution in [0.5, 0.6) is 0 Å². The highest BCUT2D eigenvalue weighted by Gasteiger charge is 2.16. The van der Waals surface area contributed by atoms with Crippen LogP contribution >= 0.6 is 46.4 Å². The summed E-state index contributed by atoms with van der Waals surface area (Å²) in [7, 11) is 0. The fraction of sp³-hybridized carbons (Fsp3) is 0.200. The quantitative estimate of drug-likeness (QED) is 0.485. The molecule has 14 heavy (non-hydrogen) atoms. The van der Waals surface area contributed by atoms with E-state index in [9.17, 15) is 0 Å². The summed E-state index contributed by atoms with van der Waals surface area (Å²) in [5.41, 5.74) is 1.57. The lowest BCUT2D eigenvalue weighted by molar-refractivity contribution is 1.08. The van der Waals surface area contributed by atoms with Crippen LogP contribution in [0.15, 0.2) is 12.6 Å². The second-order valence-electron chi connectivity index (χ2n) is 2.81. The van der Waals surface area contributed by atoms with Gasteiger partial charge in [0.05, 0.1) is 20.4 Å². The minimum atomic E-state index is -0.231. The van der Waals surface area contributed by atoms with Crippen LogP contribution in [0.25, 0.3) is 6.08 Å². The van der Waals surface area contributed by atoms with Crippen molar-refractivity contribution in [3.05, 3.63) is 38.8 Å². The smallest absolute Gasteiger partial charge is 0.0782 e. The molecule has 0 saturated heterocycles. The van der Waals surface area contributed by atoms with Crippen molar-refractivity contribution in [3.63, 3.8) is 0 Å². The van der Waals surface area contributed by atoms with E-state index in [1.807, 2.05) is 6.92 Å². The molecule has 0 aliphatic rings. The zero-order chi connectivity index (χ0) is 10.9. The summed E-state index contributed by atoms with van der Waals surface area (Å²) >= 11 is 23.8. The summed E-state index contributed by atoms with van der Waals surface area (Å²) in [5.74, 6) is 0. The van der Waals surface area contributed by atoms with E-state index in [1.165, 1.54) is 0 Å². The molecule has 0 aliphatic carbocycles. The molecule has 0 saturated carbocycles. The maximum Gasteiger partial charge on any atom is 0.0782 e. The van der Waals surface area contributed by atoms with E-state index in [1.54, 1.807) is 12.1 Å². The average Bonchev–Trinajstić information content (AvgIpc) is 2.12. The lowest BCUT2D eigenvalue weighted by Gasteiger charge is -2.13. The summed E-state index contributed by atoms with van der Waals surface area (Å²) in [4.78, 5) is 0. The fourth-order valence-corrected chi connectivity index (χ4v) is 2.28. The SMILES string of the molecule is C=Cc1cc(Cl)c(Cl)c(Cl)c1C(C)Cl. The van der Waals surface area contributed by atoms with Crippen molar-refractivity contribution in [3.8, 4) is 0 Å². The molecular weight excluding hydrogens is 262 g/mol. The standard InChI is InChI=1S/C10H8Cl4/c1-3-6-4-7(12)9(13)10(14)8(6)5(2)11/h3-5H,1H2,2H3. The molecule has 1 atom stereocenters. The van der Waals surface area contributed by atoms with Crippen LogP contribution in [-0.4, -0.2) is 0 Å². The molecular formula is C10H8Cl4. The Balaban J connectivity index is 3.52.